The first-order valence-corrected chi connectivity index (χ1v) is 6.39. The molecule has 0 saturated carbocycles. The third-order valence-electron chi connectivity index (χ3n) is 2.84. The molecule has 2 rings (SSSR count). The van der Waals surface area contributed by atoms with Crippen molar-refractivity contribution >= 4 is 22.8 Å². The second-order valence-corrected chi connectivity index (χ2v) is 4.56. The zero-order valence-corrected chi connectivity index (χ0v) is 10.9. The van der Waals surface area contributed by atoms with E-state index in [2.05, 4.69) is 21.9 Å². The molecule has 98 valence electrons. The van der Waals surface area contributed by atoms with Crippen LogP contribution in [0.2, 0.25) is 5.28 Å². The zero-order valence-electron chi connectivity index (χ0n) is 10.1. The predicted octanol–water partition coefficient (Wildman–Crippen LogP) is 1.65. The fourth-order valence-electron chi connectivity index (χ4n) is 1.92. The van der Waals surface area contributed by atoms with Gasteiger partial charge in [0.1, 0.15) is 0 Å². The van der Waals surface area contributed by atoms with E-state index >= 15 is 0 Å². The van der Waals surface area contributed by atoms with E-state index < -0.39 is 11.2 Å². The first-order chi connectivity index (χ1) is 8.63. The Labute approximate surface area is 108 Å². The predicted molar refractivity (Wildman–Crippen MR) is 70.1 cm³/mol. The van der Waals surface area contributed by atoms with Crippen LogP contribution < -0.4 is 11.2 Å². The topological polar surface area (TPSA) is 83.5 Å². The van der Waals surface area contributed by atoms with Crippen LogP contribution in [0.1, 0.15) is 32.6 Å². The highest BCUT2D eigenvalue weighted by Gasteiger charge is 2.11. The summed E-state index contributed by atoms with van der Waals surface area (Å²) in [5.74, 6) is 0. The largest absolute Gasteiger partial charge is 0.330 e. The first-order valence-electron chi connectivity index (χ1n) is 6.01. The van der Waals surface area contributed by atoms with Gasteiger partial charge in [0, 0.05) is 6.54 Å². The second kappa shape index (κ2) is 5.39. The Morgan fingerprint density at radius 1 is 1.22 bits per heavy atom. The zero-order chi connectivity index (χ0) is 13.1. The number of imidazole rings is 1. The quantitative estimate of drug-likeness (QED) is 0.640. The van der Waals surface area contributed by atoms with Crippen LogP contribution in [0, 0.1) is 0 Å². The molecule has 0 unspecified atom stereocenters. The van der Waals surface area contributed by atoms with Gasteiger partial charge in [-0.25, -0.2) is 4.79 Å². The van der Waals surface area contributed by atoms with Crippen LogP contribution >= 0.6 is 11.6 Å². The van der Waals surface area contributed by atoms with Crippen LogP contribution in [-0.2, 0) is 6.54 Å². The summed E-state index contributed by atoms with van der Waals surface area (Å²) < 4.78 is 1.45. The van der Waals surface area contributed by atoms with E-state index in [1.54, 1.807) is 0 Å². The molecule has 0 radical (unpaired) electrons. The highest BCUT2D eigenvalue weighted by molar-refractivity contribution is 6.28. The van der Waals surface area contributed by atoms with Crippen LogP contribution in [0.5, 0.6) is 0 Å². The van der Waals surface area contributed by atoms with Gasteiger partial charge in [-0.2, -0.15) is 4.98 Å². The van der Waals surface area contributed by atoms with Crippen LogP contribution in [0.3, 0.4) is 0 Å². The van der Waals surface area contributed by atoms with E-state index in [0.717, 1.165) is 25.7 Å². The molecular formula is C11H15ClN4O2. The van der Waals surface area contributed by atoms with Crippen molar-refractivity contribution in [3.05, 3.63) is 26.1 Å². The number of fused-ring (bicyclic) bond motifs is 1. The summed E-state index contributed by atoms with van der Waals surface area (Å²) in [5.41, 5.74) is -0.355. The Hall–Kier alpha value is -1.56. The number of aromatic nitrogens is 4. The number of nitrogens with zero attached hydrogens (tertiary/aromatic N) is 2. The van der Waals surface area contributed by atoms with Crippen molar-refractivity contribution in [2.45, 2.75) is 39.2 Å². The number of aromatic amines is 2. The summed E-state index contributed by atoms with van der Waals surface area (Å²) in [6.45, 7) is 2.66. The smallest absolute Gasteiger partial charge is 0.323 e. The third-order valence-corrected chi connectivity index (χ3v) is 3.02. The van der Waals surface area contributed by atoms with Crippen molar-refractivity contribution in [2.24, 2.45) is 0 Å². The van der Waals surface area contributed by atoms with Crippen molar-refractivity contribution in [1.82, 2.24) is 19.5 Å². The lowest BCUT2D eigenvalue weighted by molar-refractivity contribution is 0.572. The molecule has 0 aliphatic rings. The molecule has 2 N–H and O–H groups in total. The molecule has 7 heteroatoms. The summed E-state index contributed by atoms with van der Waals surface area (Å²) >= 11 is 5.73. The van der Waals surface area contributed by atoms with Gasteiger partial charge in [0.2, 0.25) is 5.28 Å². The van der Waals surface area contributed by atoms with Crippen molar-refractivity contribution in [3.63, 3.8) is 0 Å². The fraction of sp³-hybridized carbons (Fsp3) is 0.545. The summed E-state index contributed by atoms with van der Waals surface area (Å²) in [6.07, 6.45) is 4.17. The van der Waals surface area contributed by atoms with Crippen molar-refractivity contribution in [3.8, 4) is 0 Å². The van der Waals surface area contributed by atoms with Crippen molar-refractivity contribution in [2.75, 3.05) is 0 Å². The van der Waals surface area contributed by atoms with E-state index in [0.29, 0.717) is 12.2 Å². The van der Waals surface area contributed by atoms with E-state index in [4.69, 9.17) is 11.6 Å². The van der Waals surface area contributed by atoms with E-state index in [1.165, 1.54) is 4.57 Å². The lowest BCUT2D eigenvalue weighted by Gasteiger charge is -2.05. The molecule has 18 heavy (non-hydrogen) atoms. The average Bonchev–Trinajstić information content (AvgIpc) is 2.70. The van der Waals surface area contributed by atoms with E-state index in [1.807, 2.05) is 0 Å². The first kappa shape index (κ1) is 12.9. The minimum absolute atomic E-state index is 0.114. The molecular weight excluding hydrogens is 256 g/mol. The fourth-order valence-corrected chi connectivity index (χ4v) is 2.09. The maximum atomic E-state index is 11.7. The van der Waals surface area contributed by atoms with Crippen LogP contribution in [-0.4, -0.2) is 19.5 Å². The van der Waals surface area contributed by atoms with Crippen molar-refractivity contribution in [1.29, 1.82) is 0 Å². The number of hydrogen-bond donors (Lipinski definition) is 2. The van der Waals surface area contributed by atoms with Crippen LogP contribution in [0.25, 0.3) is 11.2 Å². The summed E-state index contributed by atoms with van der Waals surface area (Å²) in [6, 6.07) is 0. The van der Waals surface area contributed by atoms with E-state index in [9.17, 15) is 9.59 Å². The lowest BCUT2D eigenvalue weighted by Crippen LogP contribution is -2.30. The highest BCUT2D eigenvalue weighted by Crippen LogP contribution is 2.10. The molecule has 0 spiro atoms. The third kappa shape index (κ3) is 2.48. The molecule has 0 atom stereocenters. The van der Waals surface area contributed by atoms with Gasteiger partial charge < -0.3 is 4.98 Å². The Balaban J connectivity index is 2.37. The number of halogens is 1. The minimum Gasteiger partial charge on any atom is -0.323 e. The van der Waals surface area contributed by atoms with Gasteiger partial charge in [0.05, 0.1) is 0 Å². The molecule has 2 heterocycles. The number of nitrogens with one attached hydrogen (secondary N) is 2. The van der Waals surface area contributed by atoms with Gasteiger partial charge >= 0.3 is 5.69 Å². The normalized spacial score (nSPS) is 11.2. The Bertz CT molecular complexity index is 655. The van der Waals surface area contributed by atoms with Gasteiger partial charge in [-0.05, 0) is 18.0 Å². The van der Waals surface area contributed by atoms with Crippen molar-refractivity contribution < 1.29 is 0 Å². The highest BCUT2D eigenvalue weighted by atomic mass is 35.5. The maximum Gasteiger partial charge on any atom is 0.330 e. The number of unbranched alkanes of at least 4 members (excludes halogenated alkanes) is 3. The van der Waals surface area contributed by atoms with Gasteiger partial charge in [0.15, 0.2) is 11.2 Å². The van der Waals surface area contributed by atoms with Crippen LogP contribution in [0.4, 0.5) is 0 Å². The molecule has 0 aromatic carbocycles. The Morgan fingerprint density at radius 2 is 2.00 bits per heavy atom. The Morgan fingerprint density at radius 3 is 2.72 bits per heavy atom. The molecule has 0 aliphatic carbocycles. The number of rotatable bonds is 5. The standard InChI is InChI=1S/C11H15ClN4O2/c1-2-3-4-5-6-16-8-7(13-10(12)14-8)9(17)15-11(16)18/h2-6H2,1H3,(H,13,14)(H,15,17,18). The molecule has 0 saturated heterocycles. The van der Waals surface area contributed by atoms with Gasteiger partial charge in [-0.1, -0.05) is 26.2 Å². The van der Waals surface area contributed by atoms with Crippen LogP contribution in [0.15, 0.2) is 9.59 Å². The Kier molecular flexibility index (Phi) is 3.86. The summed E-state index contributed by atoms with van der Waals surface area (Å²) in [4.78, 5) is 32.2. The molecule has 0 bridgehead atoms. The van der Waals surface area contributed by atoms with Gasteiger partial charge in [-0.3, -0.25) is 14.3 Å². The second-order valence-electron chi connectivity index (χ2n) is 4.20. The number of H-pyrrole nitrogens is 2. The molecule has 0 amide bonds. The molecule has 2 aromatic heterocycles. The minimum atomic E-state index is -0.487. The molecule has 6 nitrogen and oxygen atoms in total. The van der Waals surface area contributed by atoms with E-state index in [-0.39, 0.29) is 10.8 Å². The molecule has 0 aliphatic heterocycles. The van der Waals surface area contributed by atoms with Gasteiger partial charge in [-0.15, -0.1) is 0 Å². The monoisotopic (exact) mass is 270 g/mol. The molecule has 2 aromatic rings. The average molecular weight is 271 g/mol. The molecule has 0 fully saturated rings. The maximum absolute atomic E-state index is 11.7. The van der Waals surface area contributed by atoms with Gasteiger partial charge in [0.25, 0.3) is 5.56 Å². The SMILES string of the molecule is CCCCCCn1c(=O)[nH]c(=O)c2[nH]c(Cl)nc21. The number of aryl methyl sites for hydroxylation is 1. The summed E-state index contributed by atoms with van der Waals surface area (Å²) in [7, 11) is 0. The number of hydrogen-bond acceptors (Lipinski definition) is 3. The lowest BCUT2D eigenvalue weighted by atomic mass is 10.2. The summed E-state index contributed by atoms with van der Waals surface area (Å²) in [5, 5.41) is 0.114.